The van der Waals surface area contributed by atoms with Gasteiger partial charge in [-0.2, -0.15) is 0 Å². The van der Waals surface area contributed by atoms with Crippen molar-refractivity contribution >= 4 is 23.6 Å². The number of hydroxylamine groups is 1. The van der Waals surface area contributed by atoms with Crippen molar-refractivity contribution in [3.05, 3.63) is 35.9 Å². The largest absolute Gasteiger partial charge is 0.368 e. The van der Waals surface area contributed by atoms with Crippen molar-refractivity contribution < 1.29 is 19.5 Å². The highest BCUT2D eigenvalue weighted by Crippen LogP contribution is 2.24. The Morgan fingerprint density at radius 1 is 1.20 bits per heavy atom. The maximum Gasteiger partial charge on any atom is 0.267 e. The first-order valence-corrected chi connectivity index (χ1v) is 8.55. The SMILES string of the molecule is O=C(C=Cc1ccccc1N1CCN(C(=O)C2CCCO2)CC1)NO. The van der Waals surface area contributed by atoms with Crippen molar-refractivity contribution in [2.75, 3.05) is 37.7 Å². The topological polar surface area (TPSA) is 82.1 Å². The normalized spacial score (nSPS) is 20.9. The molecule has 2 fully saturated rings. The fourth-order valence-electron chi connectivity index (χ4n) is 3.26. The predicted octanol–water partition coefficient (Wildman–Crippen LogP) is 1.03. The molecule has 1 aromatic rings. The van der Waals surface area contributed by atoms with Crippen LogP contribution in [0.15, 0.2) is 30.3 Å². The summed E-state index contributed by atoms with van der Waals surface area (Å²) in [5.41, 5.74) is 3.49. The van der Waals surface area contributed by atoms with Crippen molar-refractivity contribution in [3.8, 4) is 0 Å². The lowest BCUT2D eigenvalue weighted by Gasteiger charge is -2.37. The molecule has 1 atom stereocenters. The number of para-hydroxylation sites is 1. The zero-order valence-electron chi connectivity index (χ0n) is 14.1. The Labute approximate surface area is 146 Å². The van der Waals surface area contributed by atoms with Gasteiger partial charge in [-0.1, -0.05) is 18.2 Å². The zero-order chi connectivity index (χ0) is 17.6. The zero-order valence-corrected chi connectivity index (χ0v) is 14.1. The monoisotopic (exact) mass is 345 g/mol. The molecule has 1 aromatic carbocycles. The molecule has 2 heterocycles. The molecule has 2 amide bonds. The molecular weight excluding hydrogens is 322 g/mol. The number of anilines is 1. The van der Waals surface area contributed by atoms with Crippen LogP contribution in [0.4, 0.5) is 5.69 Å². The van der Waals surface area contributed by atoms with E-state index in [1.165, 1.54) is 6.08 Å². The third-order valence-electron chi connectivity index (χ3n) is 4.60. The number of carbonyl (C=O) groups is 2. The van der Waals surface area contributed by atoms with Crippen molar-refractivity contribution in [1.82, 2.24) is 10.4 Å². The summed E-state index contributed by atoms with van der Waals surface area (Å²) in [6.07, 6.45) is 4.47. The Bertz CT molecular complexity index is 647. The molecule has 0 aliphatic carbocycles. The van der Waals surface area contributed by atoms with Gasteiger partial charge in [0.15, 0.2) is 0 Å². The maximum atomic E-state index is 12.4. The van der Waals surface area contributed by atoms with Crippen LogP contribution in [-0.2, 0) is 14.3 Å². The van der Waals surface area contributed by atoms with Crippen molar-refractivity contribution in [2.24, 2.45) is 0 Å². The van der Waals surface area contributed by atoms with E-state index in [2.05, 4.69) is 4.90 Å². The standard InChI is InChI=1S/C18H23N3O4/c22-17(19-24)8-7-14-4-1-2-5-15(14)20-9-11-21(12-10-20)18(23)16-6-3-13-25-16/h1-2,4-5,7-8,16,24H,3,6,9-13H2,(H,19,22). The van der Waals surface area contributed by atoms with Crippen LogP contribution in [0.2, 0.25) is 0 Å². The summed E-state index contributed by atoms with van der Waals surface area (Å²) in [6.45, 7) is 3.46. The van der Waals surface area contributed by atoms with E-state index in [9.17, 15) is 9.59 Å². The Hall–Kier alpha value is -2.38. The second-order valence-electron chi connectivity index (χ2n) is 6.18. The van der Waals surface area contributed by atoms with Crippen molar-refractivity contribution in [1.29, 1.82) is 0 Å². The molecule has 7 heteroatoms. The smallest absolute Gasteiger partial charge is 0.267 e. The van der Waals surface area contributed by atoms with Gasteiger partial charge in [-0.25, -0.2) is 5.48 Å². The number of hydrogen-bond acceptors (Lipinski definition) is 5. The first kappa shape index (κ1) is 17.4. The van der Waals surface area contributed by atoms with Crippen LogP contribution >= 0.6 is 0 Å². The van der Waals surface area contributed by atoms with Crippen LogP contribution in [0.3, 0.4) is 0 Å². The van der Waals surface area contributed by atoms with E-state index in [0.717, 1.165) is 37.2 Å². The number of nitrogens with one attached hydrogen (secondary N) is 1. The maximum absolute atomic E-state index is 12.4. The van der Waals surface area contributed by atoms with E-state index in [4.69, 9.17) is 9.94 Å². The number of hydrogen-bond donors (Lipinski definition) is 2. The quantitative estimate of drug-likeness (QED) is 0.484. The van der Waals surface area contributed by atoms with E-state index in [-0.39, 0.29) is 12.0 Å². The number of benzene rings is 1. The number of nitrogens with zero attached hydrogens (tertiary/aromatic N) is 2. The Kier molecular flexibility index (Phi) is 5.67. The Balaban J connectivity index is 1.64. The molecule has 0 aromatic heterocycles. The number of rotatable bonds is 4. The predicted molar refractivity (Wildman–Crippen MR) is 93.2 cm³/mol. The summed E-state index contributed by atoms with van der Waals surface area (Å²) in [5.74, 6) is -0.466. The average molecular weight is 345 g/mol. The van der Waals surface area contributed by atoms with E-state index >= 15 is 0 Å². The highest BCUT2D eigenvalue weighted by Gasteiger charge is 2.30. The summed E-state index contributed by atoms with van der Waals surface area (Å²) < 4.78 is 5.49. The van der Waals surface area contributed by atoms with E-state index in [0.29, 0.717) is 19.7 Å². The highest BCUT2D eigenvalue weighted by molar-refractivity contribution is 5.92. The van der Waals surface area contributed by atoms with Crippen LogP contribution in [0.1, 0.15) is 18.4 Å². The molecule has 0 radical (unpaired) electrons. The molecule has 1 unspecified atom stereocenters. The second-order valence-corrected chi connectivity index (χ2v) is 6.18. The molecule has 0 bridgehead atoms. The Morgan fingerprint density at radius 3 is 2.64 bits per heavy atom. The van der Waals surface area contributed by atoms with Gasteiger partial charge in [-0.05, 0) is 30.5 Å². The lowest BCUT2D eigenvalue weighted by atomic mass is 10.1. The molecule has 7 nitrogen and oxygen atoms in total. The van der Waals surface area contributed by atoms with E-state index < -0.39 is 5.91 Å². The number of amides is 2. The summed E-state index contributed by atoms with van der Waals surface area (Å²) in [6, 6.07) is 7.76. The van der Waals surface area contributed by atoms with Crippen LogP contribution in [0, 0.1) is 0 Å². The first-order chi connectivity index (χ1) is 12.2. The summed E-state index contributed by atoms with van der Waals surface area (Å²) in [5, 5.41) is 8.59. The first-order valence-electron chi connectivity index (χ1n) is 8.55. The lowest BCUT2D eigenvalue weighted by Crippen LogP contribution is -2.51. The van der Waals surface area contributed by atoms with Crippen LogP contribution in [-0.4, -0.2) is 60.8 Å². The lowest BCUT2D eigenvalue weighted by molar-refractivity contribution is -0.141. The molecule has 0 saturated carbocycles. The van der Waals surface area contributed by atoms with Gasteiger partial charge in [0.25, 0.3) is 11.8 Å². The summed E-state index contributed by atoms with van der Waals surface area (Å²) in [7, 11) is 0. The number of ether oxygens (including phenoxy) is 1. The van der Waals surface area contributed by atoms with Crippen LogP contribution < -0.4 is 10.4 Å². The molecule has 2 aliphatic heterocycles. The molecule has 2 saturated heterocycles. The van der Waals surface area contributed by atoms with Gasteiger partial charge in [-0.15, -0.1) is 0 Å². The third-order valence-corrected chi connectivity index (χ3v) is 4.60. The Morgan fingerprint density at radius 2 is 1.96 bits per heavy atom. The van der Waals surface area contributed by atoms with Crippen molar-refractivity contribution in [2.45, 2.75) is 18.9 Å². The molecule has 2 aliphatic rings. The fourth-order valence-corrected chi connectivity index (χ4v) is 3.26. The van der Waals surface area contributed by atoms with Crippen molar-refractivity contribution in [3.63, 3.8) is 0 Å². The minimum atomic E-state index is -0.568. The summed E-state index contributed by atoms with van der Waals surface area (Å²) in [4.78, 5) is 27.7. The van der Waals surface area contributed by atoms with E-state index in [1.807, 2.05) is 29.2 Å². The highest BCUT2D eigenvalue weighted by atomic mass is 16.5. The molecule has 2 N–H and O–H groups in total. The molecular formula is C18H23N3O4. The molecule has 134 valence electrons. The minimum Gasteiger partial charge on any atom is -0.368 e. The summed E-state index contributed by atoms with van der Waals surface area (Å²) >= 11 is 0. The molecule has 0 spiro atoms. The van der Waals surface area contributed by atoms with Gasteiger partial charge in [0, 0.05) is 44.5 Å². The van der Waals surface area contributed by atoms with Gasteiger partial charge in [0.05, 0.1) is 0 Å². The van der Waals surface area contributed by atoms with Gasteiger partial charge >= 0.3 is 0 Å². The van der Waals surface area contributed by atoms with Gasteiger partial charge in [0.1, 0.15) is 6.10 Å². The average Bonchev–Trinajstić information content (AvgIpc) is 3.20. The van der Waals surface area contributed by atoms with Gasteiger partial charge < -0.3 is 14.5 Å². The third kappa shape index (κ3) is 4.18. The number of carbonyl (C=O) groups excluding carboxylic acids is 2. The second kappa shape index (κ2) is 8.13. The van der Waals surface area contributed by atoms with Gasteiger partial charge in [0.2, 0.25) is 0 Å². The molecule has 3 rings (SSSR count). The minimum absolute atomic E-state index is 0.102. The number of piperazine rings is 1. The van der Waals surface area contributed by atoms with Crippen LogP contribution in [0.5, 0.6) is 0 Å². The molecule has 25 heavy (non-hydrogen) atoms. The van der Waals surface area contributed by atoms with Crippen LogP contribution in [0.25, 0.3) is 6.08 Å². The fraction of sp³-hybridized carbons (Fsp3) is 0.444. The van der Waals surface area contributed by atoms with Gasteiger partial charge in [-0.3, -0.25) is 14.8 Å². The van der Waals surface area contributed by atoms with E-state index in [1.54, 1.807) is 11.6 Å².